The van der Waals surface area contributed by atoms with E-state index in [1.54, 1.807) is 51.1 Å². The molecular weight excluding hydrogens is 256 g/mol. The van der Waals surface area contributed by atoms with Crippen molar-refractivity contribution < 1.29 is 19.8 Å². The van der Waals surface area contributed by atoms with Crippen molar-refractivity contribution in [2.75, 3.05) is 0 Å². The number of hydrogen-bond donors (Lipinski definition) is 0. The molecule has 0 radical (unpaired) electrons. The van der Waals surface area contributed by atoms with Crippen LogP contribution in [0.4, 0.5) is 0 Å². The fraction of sp³-hybridized carbons (Fsp3) is 0.429. The van der Waals surface area contributed by atoms with E-state index in [1.165, 1.54) is 0 Å². The Bertz CT molecular complexity index is 434. The van der Waals surface area contributed by atoms with Crippen LogP contribution in [-0.2, 0) is 16.0 Å². The van der Waals surface area contributed by atoms with E-state index in [0.717, 1.165) is 0 Å². The number of aliphatic carboxylic acids is 2. The number of hydrogen-bond acceptors (Lipinski definition) is 4. The van der Waals surface area contributed by atoms with Crippen LogP contribution in [0.15, 0.2) is 30.3 Å². The molecule has 0 aliphatic carbocycles. The van der Waals surface area contributed by atoms with Gasteiger partial charge in [-0.2, -0.15) is 0 Å². The molecule has 4 nitrogen and oxygen atoms in total. The molecular formula is C14H16MgO4. The first-order valence-corrected chi connectivity index (χ1v) is 5.68. The fourth-order valence-corrected chi connectivity index (χ4v) is 2.01. The van der Waals surface area contributed by atoms with Gasteiger partial charge < -0.3 is 19.8 Å². The molecule has 0 aliphatic heterocycles. The van der Waals surface area contributed by atoms with Gasteiger partial charge in [0, 0.05) is 0 Å². The van der Waals surface area contributed by atoms with Gasteiger partial charge >= 0.3 is 23.1 Å². The summed E-state index contributed by atoms with van der Waals surface area (Å²) in [4.78, 5) is 22.8. The average molecular weight is 273 g/mol. The van der Waals surface area contributed by atoms with Gasteiger partial charge in [-0.1, -0.05) is 51.1 Å². The zero-order chi connectivity index (χ0) is 14.0. The molecule has 1 aromatic carbocycles. The van der Waals surface area contributed by atoms with Crippen molar-refractivity contribution in [1.29, 1.82) is 0 Å². The van der Waals surface area contributed by atoms with Crippen molar-refractivity contribution in [3.05, 3.63) is 35.9 Å². The van der Waals surface area contributed by atoms with E-state index in [-0.39, 0.29) is 29.5 Å². The zero-order valence-corrected chi connectivity index (χ0v) is 12.8. The van der Waals surface area contributed by atoms with Gasteiger partial charge in [-0.3, -0.25) is 0 Å². The first-order valence-electron chi connectivity index (χ1n) is 5.68. The molecule has 0 atom stereocenters. The smallest absolute Gasteiger partial charge is 0.549 e. The molecule has 0 aromatic heterocycles. The van der Waals surface area contributed by atoms with E-state index in [9.17, 15) is 19.8 Å². The Morgan fingerprint density at radius 1 is 1.00 bits per heavy atom. The van der Waals surface area contributed by atoms with Gasteiger partial charge in [0.2, 0.25) is 0 Å². The summed E-state index contributed by atoms with van der Waals surface area (Å²) >= 11 is 0. The predicted molar refractivity (Wildman–Crippen MR) is 67.8 cm³/mol. The molecule has 0 unspecified atom stereocenters. The summed E-state index contributed by atoms with van der Waals surface area (Å²) in [6.07, 6.45) is -0.151. The van der Waals surface area contributed by atoms with E-state index in [0.29, 0.717) is 5.56 Å². The molecule has 0 bridgehead atoms. The maximum atomic E-state index is 11.4. The van der Waals surface area contributed by atoms with E-state index in [1.807, 2.05) is 0 Å². The summed E-state index contributed by atoms with van der Waals surface area (Å²) in [7, 11) is 0. The van der Waals surface area contributed by atoms with Crippen LogP contribution in [-0.4, -0.2) is 35.0 Å². The second-order valence-corrected chi connectivity index (χ2v) is 5.39. The standard InChI is InChI=1S/C14H18O4.Mg/c1-13(2,3)14(11(15)16,12(17)18)9-10-7-5-4-6-8-10;/h4-8H,9H2,1-3H3,(H,15,16)(H,17,18);/q;+2/p-2. The van der Waals surface area contributed by atoms with Crippen LogP contribution in [0.3, 0.4) is 0 Å². The van der Waals surface area contributed by atoms with Crippen LogP contribution >= 0.6 is 0 Å². The predicted octanol–water partition coefficient (Wildman–Crippen LogP) is -0.619. The van der Waals surface area contributed by atoms with Crippen LogP contribution < -0.4 is 10.2 Å². The molecule has 0 aliphatic rings. The summed E-state index contributed by atoms with van der Waals surface area (Å²) in [5.41, 5.74) is -2.43. The number of benzene rings is 1. The number of carbonyl (C=O) groups excluding carboxylic acids is 2. The maximum Gasteiger partial charge on any atom is 2.00 e. The van der Waals surface area contributed by atoms with Crippen LogP contribution in [0.2, 0.25) is 0 Å². The van der Waals surface area contributed by atoms with Gasteiger partial charge in [0.15, 0.2) is 0 Å². The molecule has 5 heteroatoms. The first kappa shape index (κ1) is 17.9. The molecule has 1 rings (SSSR count). The van der Waals surface area contributed by atoms with E-state index in [2.05, 4.69) is 0 Å². The monoisotopic (exact) mass is 272 g/mol. The molecule has 0 fully saturated rings. The van der Waals surface area contributed by atoms with E-state index in [4.69, 9.17) is 0 Å². The minimum atomic E-state index is -2.05. The number of carboxylic acids is 2. The first-order chi connectivity index (χ1) is 8.22. The number of carbonyl (C=O) groups is 2. The Hall–Kier alpha value is -1.07. The van der Waals surface area contributed by atoms with Crippen LogP contribution in [0.5, 0.6) is 0 Å². The Balaban J connectivity index is 0.00000324. The Morgan fingerprint density at radius 2 is 1.42 bits per heavy atom. The van der Waals surface area contributed by atoms with Gasteiger partial charge in [-0.05, 0) is 17.4 Å². The van der Waals surface area contributed by atoms with Crippen molar-refractivity contribution in [2.24, 2.45) is 10.8 Å². The van der Waals surface area contributed by atoms with Gasteiger partial charge in [0.25, 0.3) is 0 Å². The van der Waals surface area contributed by atoms with Crippen LogP contribution in [0.1, 0.15) is 26.3 Å². The summed E-state index contributed by atoms with van der Waals surface area (Å²) < 4.78 is 0. The molecule has 0 N–H and O–H groups in total. The van der Waals surface area contributed by atoms with Crippen molar-refractivity contribution in [1.82, 2.24) is 0 Å². The number of carboxylic acid groups (broad SMARTS) is 2. The van der Waals surface area contributed by atoms with Crippen LogP contribution in [0, 0.1) is 10.8 Å². The van der Waals surface area contributed by atoms with Crippen molar-refractivity contribution in [3.8, 4) is 0 Å². The molecule has 19 heavy (non-hydrogen) atoms. The van der Waals surface area contributed by atoms with Crippen LogP contribution in [0.25, 0.3) is 0 Å². The molecule has 0 saturated heterocycles. The Kier molecular flexibility index (Phi) is 6.03. The molecule has 98 valence electrons. The topological polar surface area (TPSA) is 80.3 Å². The SMILES string of the molecule is CC(C)(C)C(Cc1ccccc1)(C(=O)[O-])C(=O)[O-].[Mg+2]. The minimum Gasteiger partial charge on any atom is -0.549 e. The Labute approximate surface area is 129 Å². The van der Waals surface area contributed by atoms with E-state index >= 15 is 0 Å². The third-order valence-corrected chi connectivity index (χ3v) is 3.29. The molecule has 0 saturated carbocycles. The fourth-order valence-electron chi connectivity index (χ4n) is 2.01. The summed E-state index contributed by atoms with van der Waals surface area (Å²) in [5, 5.41) is 22.8. The molecule has 0 amide bonds. The third-order valence-electron chi connectivity index (χ3n) is 3.29. The maximum absolute atomic E-state index is 11.4. The van der Waals surface area contributed by atoms with Crippen molar-refractivity contribution >= 4 is 35.0 Å². The second kappa shape index (κ2) is 6.39. The molecule has 0 heterocycles. The average Bonchev–Trinajstić information content (AvgIpc) is 2.24. The summed E-state index contributed by atoms with van der Waals surface area (Å²) in [6, 6.07) is 8.61. The van der Waals surface area contributed by atoms with Crippen molar-refractivity contribution in [2.45, 2.75) is 27.2 Å². The van der Waals surface area contributed by atoms with Gasteiger partial charge in [0.05, 0.1) is 17.4 Å². The minimum absolute atomic E-state index is 0. The van der Waals surface area contributed by atoms with Crippen molar-refractivity contribution in [3.63, 3.8) is 0 Å². The zero-order valence-electron chi connectivity index (χ0n) is 11.4. The summed E-state index contributed by atoms with van der Waals surface area (Å²) in [6.45, 7) is 4.67. The summed E-state index contributed by atoms with van der Waals surface area (Å²) in [5.74, 6) is -3.22. The molecule has 0 spiro atoms. The normalized spacial score (nSPS) is 11.5. The van der Waals surface area contributed by atoms with Gasteiger partial charge in [-0.15, -0.1) is 0 Å². The van der Waals surface area contributed by atoms with Gasteiger partial charge in [-0.25, -0.2) is 0 Å². The Morgan fingerprint density at radius 3 is 1.74 bits per heavy atom. The van der Waals surface area contributed by atoms with E-state index < -0.39 is 22.8 Å². The quantitative estimate of drug-likeness (QED) is 0.540. The van der Waals surface area contributed by atoms with Gasteiger partial charge in [0.1, 0.15) is 0 Å². The second-order valence-electron chi connectivity index (χ2n) is 5.39. The molecule has 1 aromatic rings. The number of rotatable bonds is 4. The third kappa shape index (κ3) is 3.48. The largest absolute Gasteiger partial charge is 2.00 e.